The first-order chi connectivity index (χ1) is 16.7. The maximum atomic E-state index is 14.5. The van der Waals surface area contributed by atoms with Crippen molar-refractivity contribution in [1.29, 1.82) is 0 Å². The number of nitrogens with one attached hydrogen (secondary N) is 2. The lowest BCUT2D eigenvalue weighted by Crippen LogP contribution is -2.31. The van der Waals surface area contributed by atoms with Gasteiger partial charge in [0.25, 0.3) is 5.91 Å². The number of carbonyl (C=O) groups is 1. The molecule has 0 spiro atoms. The molecule has 1 amide bonds. The first kappa shape index (κ1) is 24.3. The summed E-state index contributed by atoms with van der Waals surface area (Å²) in [5.41, 5.74) is 2.76. The van der Waals surface area contributed by atoms with E-state index in [-0.39, 0.29) is 23.0 Å². The van der Waals surface area contributed by atoms with Crippen molar-refractivity contribution in [3.05, 3.63) is 102 Å². The molecule has 0 fully saturated rings. The zero-order valence-corrected chi connectivity index (χ0v) is 20.1. The maximum Gasteiger partial charge on any atom is 0.254 e. The zero-order valence-electron chi connectivity index (χ0n) is 19.3. The van der Waals surface area contributed by atoms with Crippen LogP contribution in [0.4, 0.5) is 4.39 Å². The number of sulfonamides is 1. The van der Waals surface area contributed by atoms with Gasteiger partial charge in [-0.1, -0.05) is 48.5 Å². The zero-order chi connectivity index (χ0) is 25.0. The van der Waals surface area contributed by atoms with Crippen molar-refractivity contribution < 1.29 is 17.6 Å². The summed E-state index contributed by atoms with van der Waals surface area (Å²) in [7, 11) is -3.88. The summed E-state index contributed by atoms with van der Waals surface area (Å²) < 4.78 is 43.6. The Morgan fingerprint density at radius 3 is 2.31 bits per heavy atom. The first-order valence-electron chi connectivity index (χ1n) is 11.0. The highest BCUT2D eigenvalue weighted by molar-refractivity contribution is 7.89. The second kappa shape index (κ2) is 10.2. The molecule has 1 heterocycles. The van der Waals surface area contributed by atoms with Crippen molar-refractivity contribution in [3.63, 3.8) is 0 Å². The number of hydrogen-bond donors (Lipinski definition) is 2. The molecule has 7 nitrogen and oxygen atoms in total. The number of aromatic nitrogens is 2. The van der Waals surface area contributed by atoms with Gasteiger partial charge in [-0.2, -0.15) is 5.10 Å². The number of nitrogens with zero attached hydrogens (tertiary/aromatic N) is 2. The molecule has 35 heavy (non-hydrogen) atoms. The summed E-state index contributed by atoms with van der Waals surface area (Å²) in [5, 5.41) is 7.40. The molecule has 0 saturated carbocycles. The second-order valence-corrected chi connectivity index (χ2v) is 9.96. The number of halogens is 1. The van der Waals surface area contributed by atoms with E-state index in [0.717, 1.165) is 35.0 Å². The molecule has 180 valence electrons. The average Bonchev–Trinajstić information content (AvgIpc) is 3.27. The topological polar surface area (TPSA) is 93.1 Å². The number of carbonyl (C=O) groups excluding carboxylic acids is 1. The Morgan fingerprint density at radius 2 is 1.66 bits per heavy atom. The fourth-order valence-electron chi connectivity index (χ4n) is 3.59. The average molecular weight is 493 g/mol. The van der Waals surface area contributed by atoms with Crippen LogP contribution < -0.4 is 10.0 Å². The minimum atomic E-state index is -3.88. The van der Waals surface area contributed by atoms with Crippen LogP contribution in [-0.2, 0) is 16.6 Å². The van der Waals surface area contributed by atoms with Crippen molar-refractivity contribution >= 4 is 15.9 Å². The summed E-state index contributed by atoms with van der Waals surface area (Å²) in [6.07, 6.45) is 1.81. The van der Waals surface area contributed by atoms with Gasteiger partial charge in [-0.05, 0) is 44.2 Å². The molecule has 0 radical (unpaired) electrons. The Labute approximate surface area is 203 Å². The van der Waals surface area contributed by atoms with E-state index < -0.39 is 21.7 Å². The van der Waals surface area contributed by atoms with Crippen molar-refractivity contribution in [2.45, 2.75) is 31.3 Å². The molecule has 4 aromatic rings. The Hall–Kier alpha value is -3.82. The smallest absolute Gasteiger partial charge is 0.254 e. The standard InChI is InChI=1S/C26H25FN4O3S/c1-18(2)30-35(33,34)22-13-14-24(27)23(15-22)26(32)28-16-20-17-31(21-11-7-4-8-12-21)29-25(20)19-9-5-3-6-10-19/h3-15,17-18,30H,16H2,1-2H3,(H,28,32). The Kier molecular flexibility index (Phi) is 7.09. The Balaban J connectivity index is 1.62. The lowest BCUT2D eigenvalue weighted by atomic mass is 10.1. The van der Waals surface area contributed by atoms with E-state index in [4.69, 9.17) is 5.10 Å². The number of benzene rings is 3. The minimum absolute atomic E-state index is 0.0660. The van der Waals surface area contributed by atoms with Gasteiger partial charge < -0.3 is 5.32 Å². The van der Waals surface area contributed by atoms with E-state index in [0.29, 0.717) is 5.69 Å². The van der Waals surface area contributed by atoms with Crippen LogP contribution in [0, 0.1) is 5.82 Å². The highest BCUT2D eigenvalue weighted by atomic mass is 32.2. The molecule has 0 bridgehead atoms. The predicted octanol–water partition coefficient (Wildman–Crippen LogP) is 4.30. The molecule has 1 aromatic heterocycles. The molecule has 3 aromatic carbocycles. The quantitative estimate of drug-likeness (QED) is 0.384. The fraction of sp³-hybridized carbons (Fsp3) is 0.154. The summed E-state index contributed by atoms with van der Waals surface area (Å²) >= 11 is 0. The number of amides is 1. The van der Waals surface area contributed by atoms with Crippen LogP contribution in [0.2, 0.25) is 0 Å². The van der Waals surface area contributed by atoms with Gasteiger partial charge in [0.2, 0.25) is 10.0 Å². The molecule has 0 aliphatic carbocycles. The van der Waals surface area contributed by atoms with Gasteiger partial charge in [0.05, 0.1) is 21.8 Å². The van der Waals surface area contributed by atoms with E-state index in [1.165, 1.54) is 0 Å². The van der Waals surface area contributed by atoms with Crippen LogP contribution in [-0.4, -0.2) is 30.1 Å². The van der Waals surface area contributed by atoms with E-state index in [1.54, 1.807) is 18.5 Å². The molecule has 0 unspecified atom stereocenters. The Morgan fingerprint density at radius 1 is 1.00 bits per heavy atom. The highest BCUT2D eigenvalue weighted by Crippen LogP contribution is 2.24. The van der Waals surface area contributed by atoms with E-state index in [1.807, 2.05) is 66.9 Å². The molecule has 0 saturated heterocycles. The van der Waals surface area contributed by atoms with Gasteiger partial charge in [0, 0.05) is 29.9 Å². The van der Waals surface area contributed by atoms with E-state index in [9.17, 15) is 17.6 Å². The van der Waals surface area contributed by atoms with Crippen molar-refractivity contribution in [3.8, 4) is 16.9 Å². The molecule has 0 atom stereocenters. The van der Waals surface area contributed by atoms with Crippen molar-refractivity contribution in [2.75, 3.05) is 0 Å². The van der Waals surface area contributed by atoms with E-state index >= 15 is 0 Å². The summed E-state index contributed by atoms with van der Waals surface area (Å²) in [6, 6.07) is 21.9. The van der Waals surface area contributed by atoms with Gasteiger partial charge in [-0.3, -0.25) is 4.79 Å². The SMILES string of the molecule is CC(C)NS(=O)(=O)c1ccc(F)c(C(=O)NCc2cn(-c3ccccc3)nc2-c2ccccc2)c1. The third kappa shape index (κ3) is 5.64. The molecule has 9 heteroatoms. The fourth-order valence-corrected chi connectivity index (χ4v) is 4.86. The third-order valence-electron chi connectivity index (χ3n) is 5.18. The van der Waals surface area contributed by atoms with Gasteiger partial charge >= 0.3 is 0 Å². The van der Waals surface area contributed by atoms with Crippen LogP contribution in [0.25, 0.3) is 16.9 Å². The van der Waals surface area contributed by atoms with Crippen LogP contribution in [0.1, 0.15) is 29.8 Å². The molecular formula is C26H25FN4O3S. The van der Waals surface area contributed by atoms with Crippen LogP contribution >= 0.6 is 0 Å². The molecule has 4 rings (SSSR count). The van der Waals surface area contributed by atoms with Gasteiger partial charge in [-0.15, -0.1) is 0 Å². The summed E-state index contributed by atoms with van der Waals surface area (Å²) in [6.45, 7) is 3.42. The summed E-state index contributed by atoms with van der Waals surface area (Å²) in [5.74, 6) is -1.54. The lowest BCUT2D eigenvalue weighted by Gasteiger charge is -2.11. The monoisotopic (exact) mass is 492 g/mol. The lowest BCUT2D eigenvalue weighted by molar-refractivity contribution is 0.0946. The van der Waals surface area contributed by atoms with Crippen LogP contribution in [0.15, 0.2) is 90.0 Å². The van der Waals surface area contributed by atoms with Crippen LogP contribution in [0.5, 0.6) is 0 Å². The van der Waals surface area contributed by atoms with Gasteiger partial charge in [0.15, 0.2) is 0 Å². The number of para-hydroxylation sites is 1. The van der Waals surface area contributed by atoms with Gasteiger partial charge in [-0.25, -0.2) is 22.2 Å². The largest absolute Gasteiger partial charge is 0.348 e. The first-order valence-corrected chi connectivity index (χ1v) is 12.5. The molecule has 0 aliphatic heterocycles. The normalized spacial score (nSPS) is 11.5. The van der Waals surface area contributed by atoms with E-state index in [2.05, 4.69) is 10.0 Å². The Bertz CT molecular complexity index is 1440. The van der Waals surface area contributed by atoms with Crippen LogP contribution in [0.3, 0.4) is 0 Å². The predicted molar refractivity (Wildman–Crippen MR) is 132 cm³/mol. The highest BCUT2D eigenvalue weighted by Gasteiger charge is 2.21. The van der Waals surface area contributed by atoms with Crippen molar-refractivity contribution in [2.24, 2.45) is 0 Å². The third-order valence-corrected chi connectivity index (χ3v) is 6.84. The molecule has 2 N–H and O–H groups in total. The molecular weight excluding hydrogens is 467 g/mol. The van der Waals surface area contributed by atoms with Gasteiger partial charge in [0.1, 0.15) is 5.82 Å². The number of rotatable bonds is 8. The molecule has 0 aliphatic rings. The maximum absolute atomic E-state index is 14.5. The second-order valence-electron chi connectivity index (χ2n) is 8.25. The van der Waals surface area contributed by atoms with Crippen molar-refractivity contribution in [1.82, 2.24) is 19.8 Å². The minimum Gasteiger partial charge on any atom is -0.348 e. The summed E-state index contributed by atoms with van der Waals surface area (Å²) in [4.78, 5) is 12.7. The number of hydrogen-bond acceptors (Lipinski definition) is 4.